The van der Waals surface area contributed by atoms with Crippen molar-refractivity contribution in [2.45, 2.75) is 24.8 Å². The average molecular weight is 301 g/mol. The van der Waals surface area contributed by atoms with Gasteiger partial charge >= 0.3 is 6.03 Å². The highest BCUT2D eigenvalue weighted by molar-refractivity contribution is 5.74. The molecular weight excluding hydrogens is 278 g/mol. The van der Waals surface area contributed by atoms with Crippen LogP contribution in [0.15, 0.2) is 35.5 Å². The summed E-state index contributed by atoms with van der Waals surface area (Å²) in [5, 5.41) is 3.54. The molecule has 118 valence electrons. The molecule has 2 amide bonds. The van der Waals surface area contributed by atoms with Crippen LogP contribution in [0.5, 0.6) is 0 Å². The van der Waals surface area contributed by atoms with E-state index in [1.165, 1.54) is 5.56 Å². The summed E-state index contributed by atoms with van der Waals surface area (Å²) in [6.45, 7) is 1.52. The number of carbonyl (C=O) groups is 1. The van der Waals surface area contributed by atoms with E-state index >= 15 is 0 Å². The van der Waals surface area contributed by atoms with Gasteiger partial charge in [-0.3, -0.25) is 0 Å². The molecule has 1 saturated carbocycles. The molecule has 0 aromatic heterocycles. The van der Waals surface area contributed by atoms with Crippen molar-refractivity contribution in [3.05, 3.63) is 40.8 Å². The Labute approximate surface area is 131 Å². The van der Waals surface area contributed by atoms with Gasteiger partial charge in [0.2, 0.25) is 0 Å². The summed E-state index contributed by atoms with van der Waals surface area (Å²) >= 11 is 0. The number of amides is 2. The maximum Gasteiger partial charge on any atom is 0.319 e. The van der Waals surface area contributed by atoms with Crippen LogP contribution >= 0.6 is 0 Å². The van der Waals surface area contributed by atoms with Crippen molar-refractivity contribution in [3.8, 4) is 0 Å². The van der Waals surface area contributed by atoms with Crippen LogP contribution in [0.25, 0.3) is 0 Å². The van der Waals surface area contributed by atoms with Crippen LogP contribution in [0, 0.1) is 16.7 Å². The van der Waals surface area contributed by atoms with Crippen molar-refractivity contribution >= 4 is 6.03 Å². The highest BCUT2D eigenvalue weighted by atomic mass is 16.3. The molecule has 1 saturated heterocycles. The van der Waals surface area contributed by atoms with Crippen molar-refractivity contribution in [3.63, 3.8) is 0 Å². The third kappa shape index (κ3) is 2.72. The number of fused-ring (bicyclic) bond motifs is 1. The molecule has 22 heavy (non-hydrogen) atoms. The number of likely N-dealkylation sites (tertiary alicyclic amines) is 1. The molecular formula is C17H23N3O2. The van der Waals surface area contributed by atoms with E-state index in [4.69, 9.17) is 0 Å². The Morgan fingerprint density at radius 2 is 1.82 bits per heavy atom. The van der Waals surface area contributed by atoms with Crippen LogP contribution in [0.1, 0.15) is 18.4 Å². The molecule has 0 bridgehead atoms. The molecule has 1 aromatic carbocycles. The van der Waals surface area contributed by atoms with Crippen LogP contribution < -0.4 is 0 Å². The summed E-state index contributed by atoms with van der Waals surface area (Å²) in [7, 11) is 3.56. The van der Waals surface area contributed by atoms with Crippen molar-refractivity contribution in [2.24, 2.45) is 17.0 Å². The van der Waals surface area contributed by atoms with E-state index in [-0.39, 0.29) is 6.03 Å². The standard InChI is InChI=1S/C17H23N3O2/c1-19(2)16(21)20-11-14-9-17(18-22,10-15(14)12-20)8-13-6-4-3-5-7-13/h3-7,14-15H,8-12H2,1-2H3/t14-,15+,17?. The average Bonchev–Trinajstić information content (AvgIpc) is 3.03. The molecule has 1 unspecified atom stereocenters. The maximum absolute atomic E-state index is 12.1. The Morgan fingerprint density at radius 1 is 1.23 bits per heavy atom. The van der Waals surface area contributed by atoms with Gasteiger partial charge in [-0.1, -0.05) is 35.5 Å². The quantitative estimate of drug-likeness (QED) is 0.806. The first-order chi connectivity index (χ1) is 10.5. The lowest BCUT2D eigenvalue weighted by Crippen LogP contribution is -2.39. The molecule has 3 atom stereocenters. The molecule has 0 spiro atoms. The second-order valence-corrected chi connectivity index (χ2v) is 6.99. The highest BCUT2D eigenvalue weighted by Gasteiger charge is 2.51. The summed E-state index contributed by atoms with van der Waals surface area (Å²) in [6, 6.07) is 10.2. The Morgan fingerprint density at radius 3 is 2.32 bits per heavy atom. The van der Waals surface area contributed by atoms with Gasteiger partial charge in [-0.15, -0.1) is 0 Å². The number of hydrogen-bond acceptors (Lipinski definition) is 3. The molecule has 2 aliphatic rings. The minimum absolute atomic E-state index is 0.0714. The monoisotopic (exact) mass is 301 g/mol. The highest BCUT2D eigenvalue weighted by Crippen LogP contribution is 2.47. The van der Waals surface area contributed by atoms with Gasteiger partial charge in [0, 0.05) is 33.6 Å². The number of rotatable bonds is 3. The van der Waals surface area contributed by atoms with Gasteiger partial charge in [-0.25, -0.2) is 4.79 Å². The second-order valence-electron chi connectivity index (χ2n) is 6.99. The molecule has 1 aliphatic carbocycles. The van der Waals surface area contributed by atoms with Crippen molar-refractivity contribution in [1.29, 1.82) is 0 Å². The lowest BCUT2D eigenvalue weighted by Gasteiger charge is -2.26. The third-order valence-electron chi connectivity index (χ3n) is 5.08. The first kappa shape index (κ1) is 15.0. The summed E-state index contributed by atoms with van der Waals surface area (Å²) in [5.41, 5.74) is 0.688. The van der Waals surface area contributed by atoms with Crippen molar-refractivity contribution in [2.75, 3.05) is 27.2 Å². The van der Waals surface area contributed by atoms with Crippen molar-refractivity contribution < 1.29 is 4.79 Å². The van der Waals surface area contributed by atoms with E-state index in [1.54, 1.807) is 19.0 Å². The van der Waals surface area contributed by atoms with Gasteiger partial charge in [0.15, 0.2) is 0 Å². The third-order valence-corrected chi connectivity index (χ3v) is 5.08. The summed E-state index contributed by atoms with van der Waals surface area (Å²) < 4.78 is 0. The van der Waals surface area contributed by atoms with Crippen LogP contribution in [-0.4, -0.2) is 48.6 Å². The maximum atomic E-state index is 12.1. The zero-order valence-corrected chi connectivity index (χ0v) is 13.2. The Balaban J connectivity index is 1.68. The van der Waals surface area contributed by atoms with E-state index in [9.17, 15) is 9.70 Å². The van der Waals surface area contributed by atoms with Crippen LogP contribution in [0.4, 0.5) is 4.79 Å². The van der Waals surface area contributed by atoms with E-state index in [0.717, 1.165) is 25.9 Å². The van der Waals surface area contributed by atoms with E-state index < -0.39 is 5.54 Å². The molecule has 3 rings (SSSR count). The van der Waals surface area contributed by atoms with E-state index in [2.05, 4.69) is 17.3 Å². The van der Waals surface area contributed by atoms with E-state index in [1.807, 2.05) is 23.1 Å². The lowest BCUT2D eigenvalue weighted by molar-refractivity contribution is 0.176. The molecule has 1 aromatic rings. The fourth-order valence-electron chi connectivity index (χ4n) is 4.13. The number of nitroso groups, excluding NO2 is 1. The first-order valence-electron chi connectivity index (χ1n) is 7.88. The number of urea groups is 1. The summed E-state index contributed by atoms with van der Waals surface area (Å²) in [5.74, 6) is 0.815. The topological polar surface area (TPSA) is 53.0 Å². The largest absolute Gasteiger partial charge is 0.331 e. The van der Waals surface area contributed by atoms with E-state index in [0.29, 0.717) is 18.3 Å². The normalized spacial score (nSPS) is 30.2. The number of nitrogens with zero attached hydrogens (tertiary/aromatic N) is 3. The molecule has 5 heteroatoms. The molecule has 0 radical (unpaired) electrons. The predicted octanol–water partition coefficient (Wildman–Crippen LogP) is 2.76. The Kier molecular flexibility index (Phi) is 3.89. The SMILES string of the molecule is CN(C)C(=O)N1C[C@@H]2CC(Cc3ccccc3)(N=O)C[C@@H]2C1. The van der Waals surface area contributed by atoms with Gasteiger partial charge in [0.1, 0.15) is 5.54 Å². The lowest BCUT2D eigenvalue weighted by atomic mass is 9.88. The zero-order valence-electron chi connectivity index (χ0n) is 13.2. The minimum Gasteiger partial charge on any atom is -0.331 e. The Bertz CT molecular complexity index is 544. The van der Waals surface area contributed by atoms with Gasteiger partial charge in [0.05, 0.1) is 0 Å². The molecule has 1 aliphatic heterocycles. The van der Waals surface area contributed by atoms with Crippen LogP contribution in [-0.2, 0) is 6.42 Å². The summed E-state index contributed by atoms with van der Waals surface area (Å²) in [6.07, 6.45) is 2.31. The number of hydrogen-bond donors (Lipinski definition) is 0. The Hall–Kier alpha value is -1.91. The predicted molar refractivity (Wildman–Crippen MR) is 85.5 cm³/mol. The van der Waals surface area contributed by atoms with Gasteiger partial charge in [-0.05, 0) is 30.2 Å². The van der Waals surface area contributed by atoms with Crippen LogP contribution in [0.3, 0.4) is 0 Å². The van der Waals surface area contributed by atoms with Gasteiger partial charge in [-0.2, -0.15) is 4.91 Å². The molecule has 1 heterocycles. The second kappa shape index (κ2) is 5.71. The van der Waals surface area contributed by atoms with Crippen molar-refractivity contribution in [1.82, 2.24) is 9.80 Å². The molecule has 0 N–H and O–H groups in total. The van der Waals surface area contributed by atoms with Gasteiger partial charge in [0.25, 0.3) is 0 Å². The molecule has 5 nitrogen and oxygen atoms in total. The first-order valence-corrected chi connectivity index (χ1v) is 7.88. The fourth-order valence-corrected chi connectivity index (χ4v) is 4.13. The number of carbonyl (C=O) groups excluding carboxylic acids is 1. The molecule has 2 fully saturated rings. The van der Waals surface area contributed by atoms with Crippen LogP contribution in [0.2, 0.25) is 0 Å². The fraction of sp³-hybridized carbons (Fsp3) is 0.588. The smallest absolute Gasteiger partial charge is 0.319 e. The zero-order chi connectivity index (χ0) is 15.7. The number of benzene rings is 1. The van der Waals surface area contributed by atoms with Gasteiger partial charge < -0.3 is 9.80 Å². The minimum atomic E-state index is -0.482. The summed E-state index contributed by atoms with van der Waals surface area (Å²) in [4.78, 5) is 27.1.